The first kappa shape index (κ1) is 15.4. The van der Waals surface area contributed by atoms with Crippen molar-refractivity contribution in [2.45, 2.75) is 0 Å². The Bertz CT molecular complexity index is 1150. The fraction of sp³-hybridized carbons (Fsp3) is 0. The van der Waals surface area contributed by atoms with Crippen LogP contribution in [0.3, 0.4) is 0 Å². The number of aromatic nitrogens is 4. The number of nitrogens with one attached hydrogen (secondary N) is 2. The van der Waals surface area contributed by atoms with Gasteiger partial charge in [-0.1, -0.05) is 23.2 Å². The van der Waals surface area contributed by atoms with E-state index in [1.165, 1.54) is 0 Å². The fourth-order valence-corrected chi connectivity index (χ4v) is 3.56. The molecule has 3 heterocycles. The summed E-state index contributed by atoms with van der Waals surface area (Å²) < 4.78 is 0. The van der Waals surface area contributed by atoms with Crippen LogP contribution in [-0.2, 0) is 0 Å². The third-order valence-corrected chi connectivity index (χ3v) is 4.96. The third-order valence-electron chi connectivity index (χ3n) is 4.49. The second-order valence-electron chi connectivity index (χ2n) is 6.08. The Kier molecular flexibility index (Phi) is 3.48. The standard InChI is InChI=1S/C20H12Cl2N4/c21-12-1-3-18-14(5-12)16(9-23-18)11-7-25-20(26-8-11)17-10-24-19-4-2-13(22)6-15(17)19/h1-10,23-24H. The van der Waals surface area contributed by atoms with Crippen LogP contribution < -0.4 is 0 Å². The molecule has 2 N–H and O–H groups in total. The van der Waals surface area contributed by atoms with Gasteiger partial charge in [-0.25, -0.2) is 9.97 Å². The molecule has 5 rings (SSSR count). The molecular weight excluding hydrogens is 367 g/mol. The van der Waals surface area contributed by atoms with E-state index in [0.29, 0.717) is 15.9 Å². The molecule has 6 heteroatoms. The predicted molar refractivity (Wildman–Crippen MR) is 107 cm³/mol. The normalized spacial score (nSPS) is 11.5. The summed E-state index contributed by atoms with van der Waals surface area (Å²) >= 11 is 12.3. The van der Waals surface area contributed by atoms with Crippen molar-refractivity contribution < 1.29 is 0 Å². The van der Waals surface area contributed by atoms with Gasteiger partial charge >= 0.3 is 0 Å². The first-order chi connectivity index (χ1) is 12.7. The Morgan fingerprint density at radius 3 is 1.85 bits per heavy atom. The van der Waals surface area contributed by atoms with E-state index in [1.54, 1.807) is 0 Å². The summed E-state index contributed by atoms with van der Waals surface area (Å²) in [6.45, 7) is 0. The van der Waals surface area contributed by atoms with Crippen molar-refractivity contribution in [3.05, 3.63) is 71.2 Å². The Hall–Kier alpha value is -2.82. The molecular formula is C20H12Cl2N4. The molecule has 4 nitrogen and oxygen atoms in total. The van der Waals surface area contributed by atoms with Crippen LogP contribution in [0.2, 0.25) is 10.0 Å². The lowest BCUT2D eigenvalue weighted by molar-refractivity contribution is 1.18. The molecule has 0 unspecified atom stereocenters. The predicted octanol–water partition coefficient (Wildman–Crippen LogP) is 6.08. The molecule has 0 radical (unpaired) electrons. The van der Waals surface area contributed by atoms with E-state index < -0.39 is 0 Å². The van der Waals surface area contributed by atoms with Crippen LogP contribution in [0.1, 0.15) is 0 Å². The molecule has 5 aromatic rings. The number of benzene rings is 2. The van der Waals surface area contributed by atoms with Gasteiger partial charge in [0.2, 0.25) is 0 Å². The lowest BCUT2D eigenvalue weighted by Crippen LogP contribution is -1.88. The number of aromatic amines is 2. The summed E-state index contributed by atoms with van der Waals surface area (Å²) in [5.41, 5.74) is 4.91. The monoisotopic (exact) mass is 378 g/mol. The Morgan fingerprint density at radius 2 is 1.23 bits per heavy atom. The van der Waals surface area contributed by atoms with Crippen molar-refractivity contribution >= 4 is 45.0 Å². The maximum absolute atomic E-state index is 6.14. The highest BCUT2D eigenvalue weighted by molar-refractivity contribution is 6.31. The van der Waals surface area contributed by atoms with Gasteiger partial charge in [0.1, 0.15) is 0 Å². The minimum Gasteiger partial charge on any atom is -0.361 e. The van der Waals surface area contributed by atoms with E-state index in [9.17, 15) is 0 Å². The van der Waals surface area contributed by atoms with Gasteiger partial charge in [0.05, 0.1) is 0 Å². The van der Waals surface area contributed by atoms with E-state index in [-0.39, 0.29) is 0 Å². The topological polar surface area (TPSA) is 57.4 Å². The van der Waals surface area contributed by atoms with Crippen LogP contribution in [-0.4, -0.2) is 19.9 Å². The van der Waals surface area contributed by atoms with E-state index in [2.05, 4.69) is 19.9 Å². The summed E-state index contributed by atoms with van der Waals surface area (Å²) in [6, 6.07) is 11.5. The highest BCUT2D eigenvalue weighted by Gasteiger charge is 2.11. The Balaban J connectivity index is 1.60. The number of nitrogens with zero attached hydrogens (tertiary/aromatic N) is 2. The van der Waals surface area contributed by atoms with E-state index in [4.69, 9.17) is 23.2 Å². The molecule has 0 aliphatic carbocycles. The summed E-state index contributed by atoms with van der Waals surface area (Å²) in [4.78, 5) is 15.6. The van der Waals surface area contributed by atoms with Gasteiger partial charge in [0.15, 0.2) is 5.82 Å². The highest BCUT2D eigenvalue weighted by Crippen LogP contribution is 2.32. The van der Waals surface area contributed by atoms with Crippen molar-refractivity contribution in [3.63, 3.8) is 0 Å². The van der Waals surface area contributed by atoms with E-state index >= 15 is 0 Å². The van der Waals surface area contributed by atoms with Gasteiger partial charge in [-0.05, 0) is 36.4 Å². The molecule has 0 aliphatic heterocycles. The highest BCUT2D eigenvalue weighted by atomic mass is 35.5. The molecule has 0 amide bonds. The van der Waals surface area contributed by atoms with Crippen molar-refractivity contribution in [1.82, 2.24) is 19.9 Å². The maximum Gasteiger partial charge on any atom is 0.161 e. The second-order valence-corrected chi connectivity index (χ2v) is 6.95. The molecule has 3 aromatic heterocycles. The van der Waals surface area contributed by atoms with Gasteiger partial charge in [-0.2, -0.15) is 0 Å². The molecule has 126 valence electrons. The number of hydrogen-bond donors (Lipinski definition) is 2. The lowest BCUT2D eigenvalue weighted by Gasteiger charge is -2.02. The Morgan fingerprint density at radius 1 is 0.692 bits per heavy atom. The minimum atomic E-state index is 0.653. The van der Waals surface area contributed by atoms with E-state index in [1.807, 2.05) is 61.2 Å². The van der Waals surface area contributed by atoms with Gasteiger partial charge < -0.3 is 9.97 Å². The zero-order chi connectivity index (χ0) is 17.7. The average Bonchev–Trinajstić information content (AvgIpc) is 3.25. The van der Waals surface area contributed by atoms with Crippen LogP contribution >= 0.6 is 23.2 Å². The number of halogens is 2. The van der Waals surface area contributed by atoms with Crippen molar-refractivity contribution in [2.75, 3.05) is 0 Å². The van der Waals surface area contributed by atoms with Crippen LogP contribution in [0.5, 0.6) is 0 Å². The fourth-order valence-electron chi connectivity index (χ4n) is 3.22. The molecule has 0 saturated heterocycles. The summed E-state index contributed by atoms with van der Waals surface area (Å²) in [5, 5.41) is 3.44. The summed E-state index contributed by atoms with van der Waals surface area (Å²) in [5.74, 6) is 0.653. The quantitative estimate of drug-likeness (QED) is 0.391. The van der Waals surface area contributed by atoms with Gasteiger partial charge in [0.25, 0.3) is 0 Å². The zero-order valence-electron chi connectivity index (χ0n) is 13.4. The Labute approximate surface area is 158 Å². The smallest absolute Gasteiger partial charge is 0.161 e. The lowest BCUT2D eigenvalue weighted by atomic mass is 10.1. The van der Waals surface area contributed by atoms with Crippen LogP contribution in [0, 0.1) is 0 Å². The zero-order valence-corrected chi connectivity index (χ0v) is 14.9. The minimum absolute atomic E-state index is 0.653. The van der Waals surface area contributed by atoms with Gasteiger partial charge in [-0.15, -0.1) is 0 Å². The average molecular weight is 379 g/mol. The largest absolute Gasteiger partial charge is 0.361 e. The number of H-pyrrole nitrogens is 2. The SMILES string of the molecule is Clc1ccc2[nH]cc(-c3cnc(-c4c[nH]c5ccc(Cl)cc45)nc3)c2c1. The van der Waals surface area contributed by atoms with Crippen molar-refractivity contribution in [2.24, 2.45) is 0 Å². The number of rotatable bonds is 2. The second kappa shape index (κ2) is 5.87. The molecule has 0 fully saturated rings. The van der Waals surface area contributed by atoms with Crippen LogP contribution in [0.4, 0.5) is 0 Å². The van der Waals surface area contributed by atoms with Crippen LogP contribution in [0.25, 0.3) is 44.3 Å². The van der Waals surface area contributed by atoms with Crippen LogP contribution in [0.15, 0.2) is 61.2 Å². The summed E-state index contributed by atoms with van der Waals surface area (Å²) in [6.07, 6.45) is 7.51. The first-order valence-electron chi connectivity index (χ1n) is 8.05. The summed E-state index contributed by atoms with van der Waals surface area (Å²) in [7, 11) is 0. The first-order valence-corrected chi connectivity index (χ1v) is 8.81. The molecule has 2 aromatic carbocycles. The number of fused-ring (bicyclic) bond motifs is 2. The molecule has 0 bridgehead atoms. The van der Waals surface area contributed by atoms with E-state index in [0.717, 1.165) is 38.5 Å². The molecule has 0 spiro atoms. The van der Waals surface area contributed by atoms with Gasteiger partial charge in [-0.3, -0.25) is 0 Å². The number of hydrogen-bond acceptors (Lipinski definition) is 2. The third kappa shape index (κ3) is 2.46. The van der Waals surface area contributed by atoms with Crippen molar-refractivity contribution in [1.29, 1.82) is 0 Å². The molecule has 0 atom stereocenters. The molecule has 0 saturated carbocycles. The molecule has 26 heavy (non-hydrogen) atoms. The van der Waals surface area contributed by atoms with Crippen molar-refractivity contribution in [3.8, 4) is 22.5 Å². The molecule has 0 aliphatic rings. The maximum atomic E-state index is 6.14. The van der Waals surface area contributed by atoms with Gasteiger partial charge in [0, 0.05) is 73.3 Å².